The molecule has 0 aromatic heterocycles. The van der Waals surface area contributed by atoms with Crippen LogP contribution >= 0.6 is 0 Å². The quantitative estimate of drug-likeness (QED) is 0.256. The van der Waals surface area contributed by atoms with Crippen LogP contribution in [-0.2, 0) is 12.8 Å². The van der Waals surface area contributed by atoms with Gasteiger partial charge < -0.3 is 9.80 Å². The third kappa shape index (κ3) is 6.13. The molecule has 0 aliphatic carbocycles. The van der Waals surface area contributed by atoms with Crippen molar-refractivity contribution in [2.75, 3.05) is 50.7 Å². The number of amides is 1. The fraction of sp³-hybridized carbons (Fsp3) is 0.306. The Hall–Kier alpha value is -3.89. The summed E-state index contributed by atoms with van der Waals surface area (Å²) in [7, 11) is 0. The molecular formula is C36H39N3O. The number of hydrogen-bond acceptors (Lipinski definition) is 3. The van der Waals surface area contributed by atoms with Crippen molar-refractivity contribution < 1.29 is 4.79 Å². The first-order valence-electron chi connectivity index (χ1n) is 14.8. The van der Waals surface area contributed by atoms with Crippen LogP contribution in [0.15, 0.2) is 109 Å². The van der Waals surface area contributed by atoms with E-state index in [1.165, 1.54) is 27.9 Å². The van der Waals surface area contributed by atoms with Gasteiger partial charge in [0.2, 0.25) is 0 Å². The topological polar surface area (TPSA) is 26.8 Å². The second-order valence-electron chi connectivity index (χ2n) is 11.1. The lowest BCUT2D eigenvalue weighted by Gasteiger charge is -2.37. The second kappa shape index (κ2) is 12.5. The van der Waals surface area contributed by atoms with Crippen LogP contribution < -0.4 is 4.90 Å². The highest BCUT2D eigenvalue weighted by molar-refractivity contribution is 5.97. The number of rotatable bonds is 9. The Kier molecular flexibility index (Phi) is 8.25. The van der Waals surface area contributed by atoms with E-state index in [2.05, 4.69) is 113 Å². The van der Waals surface area contributed by atoms with E-state index in [1.807, 2.05) is 11.0 Å². The molecule has 40 heavy (non-hydrogen) atoms. The number of nitrogens with zero attached hydrogens (tertiary/aromatic N) is 3. The van der Waals surface area contributed by atoms with Crippen LogP contribution in [0, 0.1) is 0 Å². The van der Waals surface area contributed by atoms with Gasteiger partial charge >= 0.3 is 0 Å². The van der Waals surface area contributed by atoms with E-state index in [0.717, 1.165) is 70.6 Å². The van der Waals surface area contributed by atoms with Gasteiger partial charge in [0.05, 0.1) is 0 Å². The molecule has 2 aliphatic rings. The van der Waals surface area contributed by atoms with Crippen LogP contribution in [0.3, 0.4) is 0 Å². The van der Waals surface area contributed by atoms with Gasteiger partial charge in [0, 0.05) is 56.4 Å². The third-order valence-electron chi connectivity index (χ3n) is 8.65. The van der Waals surface area contributed by atoms with Gasteiger partial charge in [-0.25, -0.2) is 0 Å². The zero-order chi connectivity index (χ0) is 27.1. The van der Waals surface area contributed by atoms with Crippen molar-refractivity contribution in [1.82, 2.24) is 9.80 Å². The summed E-state index contributed by atoms with van der Waals surface area (Å²) >= 11 is 0. The lowest BCUT2D eigenvalue weighted by Crippen LogP contribution is -2.47. The Morgan fingerprint density at radius 2 is 1.27 bits per heavy atom. The molecule has 6 rings (SSSR count). The molecule has 204 valence electrons. The number of piperazine rings is 1. The molecule has 0 saturated carbocycles. The maximum Gasteiger partial charge on any atom is 0.254 e. The van der Waals surface area contributed by atoms with Gasteiger partial charge in [-0.3, -0.25) is 9.69 Å². The Bertz CT molecular complexity index is 1340. The molecule has 0 bridgehead atoms. The van der Waals surface area contributed by atoms with Crippen molar-refractivity contribution in [2.45, 2.75) is 25.2 Å². The van der Waals surface area contributed by atoms with Gasteiger partial charge in [-0.1, -0.05) is 97.1 Å². The highest BCUT2D eigenvalue weighted by atomic mass is 16.2. The van der Waals surface area contributed by atoms with Crippen molar-refractivity contribution in [2.24, 2.45) is 0 Å². The fourth-order valence-electron chi connectivity index (χ4n) is 6.27. The SMILES string of the molecule is O=C1c2cc(N3CCN(CCC(c4ccccc4)c4ccccc4)CC3)ccc2CCN1CCc1ccccc1. The summed E-state index contributed by atoms with van der Waals surface area (Å²) < 4.78 is 0. The molecule has 1 saturated heterocycles. The van der Waals surface area contributed by atoms with Crippen LogP contribution in [0.1, 0.15) is 45.0 Å². The highest BCUT2D eigenvalue weighted by Gasteiger charge is 2.26. The van der Waals surface area contributed by atoms with Crippen LogP contribution in [0.2, 0.25) is 0 Å². The molecule has 1 amide bonds. The Morgan fingerprint density at radius 3 is 1.93 bits per heavy atom. The lowest BCUT2D eigenvalue weighted by molar-refractivity contribution is 0.0742. The molecule has 4 heteroatoms. The molecule has 0 spiro atoms. The molecule has 2 heterocycles. The Labute approximate surface area is 238 Å². The molecule has 4 nitrogen and oxygen atoms in total. The molecule has 0 radical (unpaired) electrons. The number of anilines is 1. The van der Waals surface area contributed by atoms with Gasteiger partial charge in [0.15, 0.2) is 0 Å². The van der Waals surface area contributed by atoms with Gasteiger partial charge in [0.25, 0.3) is 5.91 Å². The summed E-state index contributed by atoms with van der Waals surface area (Å²) in [5, 5.41) is 0. The molecule has 4 aromatic carbocycles. The Morgan fingerprint density at radius 1 is 0.650 bits per heavy atom. The van der Waals surface area contributed by atoms with Crippen molar-refractivity contribution in [3.8, 4) is 0 Å². The molecular weight excluding hydrogens is 490 g/mol. The van der Waals surface area contributed by atoms with Gasteiger partial charge in [-0.2, -0.15) is 0 Å². The Balaban J connectivity index is 1.06. The molecule has 0 N–H and O–H groups in total. The summed E-state index contributed by atoms with van der Waals surface area (Å²) in [6.45, 7) is 6.75. The second-order valence-corrected chi connectivity index (χ2v) is 11.1. The molecule has 1 fully saturated rings. The third-order valence-corrected chi connectivity index (χ3v) is 8.65. The normalized spacial score (nSPS) is 15.9. The monoisotopic (exact) mass is 529 g/mol. The predicted octanol–water partition coefficient (Wildman–Crippen LogP) is 6.27. The van der Waals surface area contributed by atoms with Crippen molar-refractivity contribution in [1.29, 1.82) is 0 Å². The molecule has 0 unspecified atom stereocenters. The van der Waals surface area contributed by atoms with E-state index in [4.69, 9.17) is 0 Å². The zero-order valence-corrected chi connectivity index (χ0v) is 23.3. The average molecular weight is 530 g/mol. The number of carbonyl (C=O) groups excluding carboxylic acids is 1. The summed E-state index contributed by atoms with van der Waals surface area (Å²) in [6.07, 6.45) is 2.95. The van der Waals surface area contributed by atoms with Crippen LogP contribution in [-0.4, -0.2) is 61.5 Å². The van der Waals surface area contributed by atoms with E-state index in [-0.39, 0.29) is 5.91 Å². The number of hydrogen-bond donors (Lipinski definition) is 0. The van der Waals surface area contributed by atoms with Crippen molar-refractivity contribution >= 4 is 11.6 Å². The van der Waals surface area contributed by atoms with E-state index < -0.39 is 0 Å². The van der Waals surface area contributed by atoms with Crippen LogP contribution in [0.25, 0.3) is 0 Å². The average Bonchev–Trinajstić information content (AvgIpc) is 3.03. The summed E-state index contributed by atoms with van der Waals surface area (Å²) in [6, 6.07) is 38.9. The van der Waals surface area contributed by atoms with Crippen LogP contribution in [0.5, 0.6) is 0 Å². The number of benzene rings is 4. The fourth-order valence-corrected chi connectivity index (χ4v) is 6.27. The number of fused-ring (bicyclic) bond motifs is 1. The summed E-state index contributed by atoms with van der Waals surface area (Å²) in [5.41, 5.74) is 7.34. The molecule has 4 aromatic rings. The van der Waals surface area contributed by atoms with Gasteiger partial charge in [-0.05, 0) is 60.2 Å². The molecule has 2 aliphatic heterocycles. The minimum absolute atomic E-state index is 0.186. The van der Waals surface area contributed by atoms with Crippen molar-refractivity contribution in [3.63, 3.8) is 0 Å². The number of carbonyl (C=O) groups is 1. The van der Waals surface area contributed by atoms with E-state index in [1.54, 1.807) is 0 Å². The predicted molar refractivity (Wildman–Crippen MR) is 164 cm³/mol. The first-order chi connectivity index (χ1) is 19.7. The maximum atomic E-state index is 13.4. The largest absolute Gasteiger partial charge is 0.369 e. The summed E-state index contributed by atoms with van der Waals surface area (Å²) in [4.78, 5) is 20.5. The lowest BCUT2D eigenvalue weighted by atomic mass is 9.88. The first-order valence-corrected chi connectivity index (χ1v) is 14.8. The summed E-state index contributed by atoms with van der Waals surface area (Å²) in [5.74, 6) is 0.599. The first kappa shape index (κ1) is 26.3. The highest BCUT2D eigenvalue weighted by Crippen LogP contribution is 2.29. The maximum absolute atomic E-state index is 13.4. The van der Waals surface area contributed by atoms with E-state index in [9.17, 15) is 4.79 Å². The molecule has 0 atom stereocenters. The smallest absolute Gasteiger partial charge is 0.254 e. The van der Waals surface area contributed by atoms with Crippen LogP contribution in [0.4, 0.5) is 5.69 Å². The van der Waals surface area contributed by atoms with Gasteiger partial charge in [-0.15, -0.1) is 0 Å². The van der Waals surface area contributed by atoms with E-state index >= 15 is 0 Å². The minimum Gasteiger partial charge on any atom is -0.369 e. The minimum atomic E-state index is 0.186. The standard InChI is InChI=1S/C36H39N3O/c40-36-35-28-33(17-16-32(35)19-23-39(36)22-18-29-10-4-1-5-11-29)38-26-24-37(25-27-38)21-20-34(30-12-6-2-7-13-30)31-14-8-3-9-15-31/h1-17,28,34H,18-27H2. The van der Waals surface area contributed by atoms with E-state index in [0.29, 0.717) is 5.92 Å². The zero-order valence-electron chi connectivity index (χ0n) is 23.3. The van der Waals surface area contributed by atoms with Gasteiger partial charge in [0.1, 0.15) is 0 Å². The van der Waals surface area contributed by atoms with Crippen molar-refractivity contribution in [3.05, 3.63) is 137 Å².